The molecule has 126 valence electrons. The lowest BCUT2D eigenvalue weighted by Gasteiger charge is -2.39. The highest BCUT2D eigenvalue weighted by Gasteiger charge is 2.38. The zero-order chi connectivity index (χ0) is 17.6. The number of nitrogens with zero attached hydrogens (tertiary/aromatic N) is 4. The van der Waals surface area contributed by atoms with Crippen molar-refractivity contribution in [3.05, 3.63) is 54.6 Å². The number of rotatable bonds is 2. The average molecular weight is 334 g/mol. The molecule has 25 heavy (non-hydrogen) atoms. The Morgan fingerprint density at radius 2 is 2.00 bits per heavy atom. The van der Waals surface area contributed by atoms with Crippen LogP contribution in [0.2, 0.25) is 0 Å². The number of amides is 1. The van der Waals surface area contributed by atoms with Crippen molar-refractivity contribution in [1.29, 1.82) is 5.41 Å². The molecule has 4 rings (SSSR count). The van der Waals surface area contributed by atoms with E-state index < -0.39 is 5.54 Å². The zero-order valence-corrected chi connectivity index (χ0v) is 14.0. The Hall–Kier alpha value is -3.22. The van der Waals surface area contributed by atoms with Gasteiger partial charge in [-0.3, -0.25) is 24.5 Å². The summed E-state index contributed by atoms with van der Waals surface area (Å²) >= 11 is 0. The maximum Gasteiger partial charge on any atom is 0.231 e. The first kappa shape index (κ1) is 15.3. The lowest BCUT2D eigenvalue weighted by molar-refractivity contribution is -0.129. The number of nitrogens with one attached hydrogen (secondary N) is 2. The molecule has 0 radical (unpaired) electrons. The Labute approximate surface area is 144 Å². The van der Waals surface area contributed by atoms with E-state index >= 15 is 0 Å². The van der Waals surface area contributed by atoms with E-state index in [1.54, 1.807) is 19.4 Å². The van der Waals surface area contributed by atoms with Crippen LogP contribution in [0.4, 0.5) is 0 Å². The smallest absolute Gasteiger partial charge is 0.231 e. The van der Waals surface area contributed by atoms with E-state index in [1.165, 1.54) is 4.90 Å². The van der Waals surface area contributed by atoms with E-state index in [0.29, 0.717) is 0 Å². The Bertz CT molecular complexity index is 960. The van der Waals surface area contributed by atoms with Crippen LogP contribution in [0.1, 0.15) is 18.9 Å². The van der Waals surface area contributed by atoms with Crippen molar-refractivity contribution in [3.63, 3.8) is 0 Å². The van der Waals surface area contributed by atoms with Crippen LogP contribution in [0.3, 0.4) is 0 Å². The molecule has 1 aliphatic rings. The average Bonchev–Trinajstić information content (AvgIpc) is 3.03. The summed E-state index contributed by atoms with van der Waals surface area (Å²) in [6.45, 7) is 1.94. The quantitative estimate of drug-likeness (QED) is 0.750. The Balaban J connectivity index is 1.81. The van der Waals surface area contributed by atoms with E-state index in [9.17, 15) is 4.79 Å². The van der Waals surface area contributed by atoms with Crippen LogP contribution in [0.25, 0.3) is 16.9 Å². The monoisotopic (exact) mass is 334 g/mol. The molecule has 0 aliphatic carbocycles. The number of fused-ring (bicyclic) bond motifs is 1. The van der Waals surface area contributed by atoms with Gasteiger partial charge >= 0.3 is 0 Å². The van der Waals surface area contributed by atoms with Gasteiger partial charge in [0, 0.05) is 31.2 Å². The molecule has 0 saturated carbocycles. The van der Waals surface area contributed by atoms with Gasteiger partial charge in [-0.2, -0.15) is 0 Å². The van der Waals surface area contributed by atoms with Crippen LogP contribution in [-0.2, 0) is 10.3 Å². The minimum atomic E-state index is -0.630. The molecule has 3 aromatic rings. The van der Waals surface area contributed by atoms with Crippen molar-refractivity contribution in [1.82, 2.24) is 24.6 Å². The molecule has 1 saturated heterocycles. The first-order valence-electron chi connectivity index (χ1n) is 7.99. The highest BCUT2D eigenvalue weighted by atomic mass is 16.2. The van der Waals surface area contributed by atoms with E-state index in [2.05, 4.69) is 15.3 Å². The fraction of sp³-hybridized carbons (Fsp3) is 0.222. The van der Waals surface area contributed by atoms with Crippen LogP contribution in [0.15, 0.2) is 49.1 Å². The molecule has 3 aromatic heterocycles. The fourth-order valence-electron chi connectivity index (χ4n) is 3.15. The number of carbonyl (C=O) groups is 1. The zero-order valence-electron chi connectivity index (χ0n) is 14.0. The van der Waals surface area contributed by atoms with Crippen molar-refractivity contribution in [2.24, 2.45) is 0 Å². The van der Waals surface area contributed by atoms with Gasteiger partial charge in [-0.1, -0.05) is 6.07 Å². The van der Waals surface area contributed by atoms with E-state index in [0.717, 1.165) is 22.5 Å². The van der Waals surface area contributed by atoms with Crippen molar-refractivity contribution in [3.8, 4) is 11.3 Å². The predicted molar refractivity (Wildman–Crippen MR) is 94.0 cm³/mol. The summed E-state index contributed by atoms with van der Waals surface area (Å²) in [4.78, 5) is 22.1. The molecule has 0 spiro atoms. The summed E-state index contributed by atoms with van der Waals surface area (Å²) in [5.41, 5.74) is 3.10. The number of hydrogen-bond acceptors (Lipinski definition) is 4. The second kappa shape index (κ2) is 5.41. The van der Waals surface area contributed by atoms with Gasteiger partial charge in [0.2, 0.25) is 5.91 Å². The number of pyridine rings is 2. The molecular weight excluding hydrogens is 316 g/mol. The van der Waals surface area contributed by atoms with Gasteiger partial charge in [-0.15, -0.1) is 0 Å². The minimum absolute atomic E-state index is 0.0775. The first-order chi connectivity index (χ1) is 12.0. The van der Waals surface area contributed by atoms with E-state index in [1.807, 2.05) is 48.0 Å². The second-order valence-corrected chi connectivity index (χ2v) is 6.46. The van der Waals surface area contributed by atoms with E-state index in [-0.39, 0.29) is 18.3 Å². The summed E-state index contributed by atoms with van der Waals surface area (Å²) in [5.74, 6) is 0.0326. The van der Waals surface area contributed by atoms with E-state index in [4.69, 9.17) is 5.41 Å². The predicted octanol–water partition coefficient (Wildman–Crippen LogP) is 2.00. The summed E-state index contributed by atoms with van der Waals surface area (Å²) in [5, 5.41) is 11.2. The topological polar surface area (TPSA) is 86.4 Å². The molecule has 0 bridgehead atoms. The van der Waals surface area contributed by atoms with Gasteiger partial charge < -0.3 is 5.32 Å². The number of carbonyl (C=O) groups excluding carboxylic acids is 1. The highest BCUT2D eigenvalue weighted by molar-refractivity contribution is 5.98. The summed E-state index contributed by atoms with van der Waals surface area (Å²) in [6.07, 6.45) is 7.59. The van der Waals surface area contributed by atoms with Gasteiger partial charge in [0.05, 0.1) is 23.9 Å². The van der Waals surface area contributed by atoms with Crippen molar-refractivity contribution < 1.29 is 4.79 Å². The van der Waals surface area contributed by atoms with Crippen LogP contribution in [0, 0.1) is 5.41 Å². The number of guanidine groups is 1. The van der Waals surface area contributed by atoms with Crippen LogP contribution in [-0.4, -0.2) is 38.2 Å². The molecule has 1 amide bonds. The molecule has 0 aromatic carbocycles. The minimum Gasteiger partial charge on any atom is -0.346 e. The third kappa shape index (κ3) is 2.44. The van der Waals surface area contributed by atoms with Gasteiger partial charge in [0.1, 0.15) is 5.65 Å². The van der Waals surface area contributed by atoms with Crippen molar-refractivity contribution >= 4 is 17.5 Å². The third-order valence-corrected chi connectivity index (χ3v) is 4.73. The largest absolute Gasteiger partial charge is 0.346 e. The molecule has 1 atom stereocenters. The highest BCUT2D eigenvalue weighted by Crippen LogP contribution is 2.30. The molecule has 7 nitrogen and oxygen atoms in total. The Morgan fingerprint density at radius 1 is 1.24 bits per heavy atom. The van der Waals surface area contributed by atoms with Crippen LogP contribution < -0.4 is 5.32 Å². The Kier molecular flexibility index (Phi) is 3.31. The number of imidazole rings is 1. The number of hydrogen-bond donors (Lipinski definition) is 2. The maximum absolute atomic E-state index is 12.2. The summed E-state index contributed by atoms with van der Waals surface area (Å²) < 4.78 is 2.00. The molecule has 0 unspecified atom stereocenters. The summed E-state index contributed by atoms with van der Waals surface area (Å²) in [7, 11) is 1.61. The van der Waals surface area contributed by atoms with Gasteiger partial charge in [0.25, 0.3) is 0 Å². The molecule has 1 fully saturated rings. The SMILES string of the molecule is CN1C(=N)N[C@](C)(c2ccc3ncc(-c4ccncc4)n3c2)CC1=O. The van der Waals surface area contributed by atoms with Gasteiger partial charge in [0.15, 0.2) is 5.96 Å². The summed E-state index contributed by atoms with van der Waals surface area (Å²) in [6, 6.07) is 7.76. The number of aromatic nitrogens is 3. The van der Waals surface area contributed by atoms with Gasteiger partial charge in [-0.05, 0) is 30.7 Å². The van der Waals surface area contributed by atoms with Gasteiger partial charge in [-0.25, -0.2) is 4.98 Å². The standard InChI is InChI=1S/C18H18N6O/c1-18(9-16(25)23(2)17(19)22-18)13-3-4-15-21-10-14(24(15)11-13)12-5-7-20-8-6-12/h3-8,10-11H,9H2,1-2H3,(H2,19,22)/t18-/m0/s1. The molecule has 7 heteroatoms. The lowest BCUT2D eigenvalue weighted by Crippen LogP contribution is -2.58. The molecule has 1 aliphatic heterocycles. The third-order valence-electron chi connectivity index (χ3n) is 4.73. The maximum atomic E-state index is 12.2. The van der Waals surface area contributed by atoms with Crippen molar-refractivity contribution in [2.75, 3.05) is 7.05 Å². The fourth-order valence-corrected chi connectivity index (χ4v) is 3.15. The van der Waals surface area contributed by atoms with Crippen molar-refractivity contribution in [2.45, 2.75) is 18.9 Å². The molecule has 2 N–H and O–H groups in total. The van der Waals surface area contributed by atoms with Crippen LogP contribution in [0.5, 0.6) is 0 Å². The normalized spacial score (nSPS) is 20.8. The second-order valence-electron chi connectivity index (χ2n) is 6.46. The van der Waals surface area contributed by atoms with Crippen LogP contribution >= 0.6 is 0 Å². The first-order valence-corrected chi connectivity index (χ1v) is 7.99. The molecular formula is C18H18N6O. The lowest BCUT2D eigenvalue weighted by atomic mass is 9.87. The Morgan fingerprint density at radius 3 is 2.72 bits per heavy atom. The molecule has 4 heterocycles.